The summed E-state index contributed by atoms with van der Waals surface area (Å²) in [5.74, 6) is -0.235. The molecular weight excluding hydrogens is 238 g/mol. The van der Waals surface area contributed by atoms with Gasteiger partial charge in [0.1, 0.15) is 11.8 Å². The first-order valence-electron chi connectivity index (χ1n) is 5.99. The highest BCUT2D eigenvalue weighted by Crippen LogP contribution is 2.11. The molecule has 1 N–H and O–H groups in total. The van der Waals surface area contributed by atoms with Gasteiger partial charge in [0.25, 0.3) is 5.91 Å². The standard InChI is InChI=1S/C15H13N3O/c1-2-11-3-6-13(7-4-11)18-15(19)12-5-8-14(9-16)17-10-12/h3-8,10H,2H2,1H3,(H,18,19). The number of hydrogen-bond acceptors (Lipinski definition) is 3. The average Bonchev–Trinajstić information content (AvgIpc) is 2.48. The molecule has 0 unspecified atom stereocenters. The summed E-state index contributed by atoms with van der Waals surface area (Å²) in [5.41, 5.74) is 2.69. The number of aromatic nitrogens is 1. The Hall–Kier alpha value is -2.67. The third-order valence-electron chi connectivity index (χ3n) is 2.76. The number of rotatable bonds is 3. The summed E-state index contributed by atoms with van der Waals surface area (Å²) in [6.07, 6.45) is 2.36. The topological polar surface area (TPSA) is 65.8 Å². The van der Waals surface area contributed by atoms with E-state index in [-0.39, 0.29) is 5.91 Å². The lowest BCUT2D eigenvalue weighted by molar-refractivity contribution is 0.102. The number of nitrogens with one attached hydrogen (secondary N) is 1. The van der Waals surface area contributed by atoms with Crippen molar-refractivity contribution < 1.29 is 4.79 Å². The zero-order valence-corrected chi connectivity index (χ0v) is 10.6. The number of pyridine rings is 1. The molecule has 0 atom stereocenters. The van der Waals surface area contributed by atoms with Gasteiger partial charge in [0.05, 0.1) is 5.56 Å². The van der Waals surface area contributed by atoms with Gasteiger partial charge in [-0.3, -0.25) is 4.79 Å². The molecule has 1 aromatic carbocycles. The summed E-state index contributed by atoms with van der Waals surface area (Å²) in [4.78, 5) is 15.8. The molecule has 0 aliphatic carbocycles. The number of amides is 1. The van der Waals surface area contributed by atoms with Gasteiger partial charge < -0.3 is 5.32 Å². The van der Waals surface area contributed by atoms with Crippen molar-refractivity contribution in [2.75, 3.05) is 5.32 Å². The van der Waals surface area contributed by atoms with E-state index in [2.05, 4.69) is 17.2 Å². The molecule has 0 radical (unpaired) electrons. The molecule has 0 spiro atoms. The number of nitrogens with zero attached hydrogens (tertiary/aromatic N) is 2. The van der Waals surface area contributed by atoms with E-state index in [1.165, 1.54) is 17.8 Å². The molecule has 4 heteroatoms. The predicted octanol–water partition coefficient (Wildman–Crippen LogP) is 2.77. The molecule has 0 saturated carbocycles. The Balaban J connectivity index is 2.09. The van der Waals surface area contributed by atoms with Gasteiger partial charge >= 0.3 is 0 Å². The van der Waals surface area contributed by atoms with Gasteiger partial charge in [-0.1, -0.05) is 19.1 Å². The number of hydrogen-bond donors (Lipinski definition) is 1. The molecule has 1 aromatic heterocycles. The maximum Gasteiger partial charge on any atom is 0.257 e. The van der Waals surface area contributed by atoms with E-state index < -0.39 is 0 Å². The molecule has 0 fully saturated rings. The summed E-state index contributed by atoms with van der Waals surface area (Å²) in [5, 5.41) is 11.4. The Morgan fingerprint density at radius 2 is 2.00 bits per heavy atom. The van der Waals surface area contributed by atoms with Crippen LogP contribution in [0.3, 0.4) is 0 Å². The molecule has 0 saturated heterocycles. The smallest absolute Gasteiger partial charge is 0.257 e. The Morgan fingerprint density at radius 3 is 2.53 bits per heavy atom. The van der Waals surface area contributed by atoms with Crippen LogP contribution in [0.1, 0.15) is 28.5 Å². The fraction of sp³-hybridized carbons (Fsp3) is 0.133. The lowest BCUT2D eigenvalue weighted by Crippen LogP contribution is -2.12. The van der Waals surface area contributed by atoms with E-state index in [1.54, 1.807) is 6.07 Å². The summed E-state index contributed by atoms with van der Waals surface area (Å²) in [7, 11) is 0. The number of anilines is 1. The monoisotopic (exact) mass is 251 g/mol. The molecule has 94 valence electrons. The minimum atomic E-state index is -0.235. The van der Waals surface area contributed by atoms with E-state index in [1.807, 2.05) is 30.3 Å². The highest BCUT2D eigenvalue weighted by molar-refractivity contribution is 6.04. The number of benzene rings is 1. The lowest BCUT2D eigenvalue weighted by atomic mass is 10.1. The van der Waals surface area contributed by atoms with Crippen LogP contribution < -0.4 is 5.32 Å². The SMILES string of the molecule is CCc1ccc(NC(=O)c2ccc(C#N)nc2)cc1. The van der Waals surface area contributed by atoms with Crippen LogP contribution in [-0.4, -0.2) is 10.9 Å². The van der Waals surface area contributed by atoms with Crippen LogP contribution in [0.25, 0.3) is 0 Å². The van der Waals surface area contributed by atoms with Crippen molar-refractivity contribution in [2.24, 2.45) is 0 Å². The molecule has 2 rings (SSSR count). The van der Waals surface area contributed by atoms with Crippen molar-refractivity contribution in [1.29, 1.82) is 5.26 Å². The van der Waals surface area contributed by atoms with E-state index in [4.69, 9.17) is 5.26 Å². The highest BCUT2D eigenvalue weighted by atomic mass is 16.1. The Bertz CT molecular complexity index is 609. The Morgan fingerprint density at radius 1 is 1.26 bits per heavy atom. The molecule has 4 nitrogen and oxygen atoms in total. The van der Waals surface area contributed by atoms with Crippen molar-refractivity contribution in [3.05, 3.63) is 59.4 Å². The quantitative estimate of drug-likeness (QED) is 0.912. The number of aryl methyl sites for hydroxylation is 1. The van der Waals surface area contributed by atoms with Crippen LogP contribution in [0, 0.1) is 11.3 Å². The van der Waals surface area contributed by atoms with Crippen molar-refractivity contribution in [2.45, 2.75) is 13.3 Å². The minimum absolute atomic E-state index is 0.235. The first-order valence-corrected chi connectivity index (χ1v) is 5.99. The molecule has 0 bridgehead atoms. The predicted molar refractivity (Wildman–Crippen MR) is 72.7 cm³/mol. The van der Waals surface area contributed by atoms with Gasteiger partial charge in [0.2, 0.25) is 0 Å². The molecule has 0 aliphatic heterocycles. The molecule has 19 heavy (non-hydrogen) atoms. The van der Waals surface area contributed by atoms with E-state index >= 15 is 0 Å². The van der Waals surface area contributed by atoms with Gasteiger partial charge in [0, 0.05) is 11.9 Å². The van der Waals surface area contributed by atoms with E-state index in [9.17, 15) is 4.79 Å². The number of carbonyl (C=O) groups is 1. The van der Waals surface area contributed by atoms with E-state index in [0.717, 1.165) is 12.1 Å². The number of nitriles is 1. The van der Waals surface area contributed by atoms with Crippen LogP contribution >= 0.6 is 0 Å². The zero-order chi connectivity index (χ0) is 13.7. The second-order valence-electron chi connectivity index (χ2n) is 4.05. The molecule has 1 heterocycles. The molecule has 1 amide bonds. The van der Waals surface area contributed by atoms with Crippen molar-refractivity contribution in [1.82, 2.24) is 4.98 Å². The molecule has 2 aromatic rings. The summed E-state index contributed by atoms with van der Waals surface area (Å²) in [6.45, 7) is 2.08. The fourth-order valence-electron chi connectivity index (χ4n) is 1.62. The van der Waals surface area contributed by atoms with Gasteiger partial charge in [-0.05, 0) is 36.2 Å². The Labute approximate surface area is 111 Å². The maximum absolute atomic E-state index is 11.9. The van der Waals surface area contributed by atoms with Crippen LogP contribution in [0.2, 0.25) is 0 Å². The van der Waals surface area contributed by atoms with Crippen molar-refractivity contribution in [3.63, 3.8) is 0 Å². The van der Waals surface area contributed by atoms with Crippen molar-refractivity contribution in [3.8, 4) is 6.07 Å². The van der Waals surface area contributed by atoms with Crippen LogP contribution in [-0.2, 0) is 6.42 Å². The van der Waals surface area contributed by atoms with Crippen molar-refractivity contribution >= 4 is 11.6 Å². The second kappa shape index (κ2) is 5.78. The summed E-state index contributed by atoms with van der Waals surface area (Å²) in [6, 6.07) is 12.7. The van der Waals surface area contributed by atoms with Crippen LogP contribution in [0.5, 0.6) is 0 Å². The van der Waals surface area contributed by atoms with E-state index in [0.29, 0.717) is 11.3 Å². The van der Waals surface area contributed by atoms with Gasteiger partial charge in [-0.2, -0.15) is 5.26 Å². The fourth-order valence-corrected chi connectivity index (χ4v) is 1.62. The summed E-state index contributed by atoms with van der Waals surface area (Å²) < 4.78 is 0. The summed E-state index contributed by atoms with van der Waals surface area (Å²) >= 11 is 0. The largest absolute Gasteiger partial charge is 0.322 e. The van der Waals surface area contributed by atoms with Gasteiger partial charge in [0.15, 0.2) is 0 Å². The maximum atomic E-state index is 11.9. The Kier molecular flexibility index (Phi) is 3.89. The first-order chi connectivity index (χ1) is 9.22. The van der Waals surface area contributed by atoms with Gasteiger partial charge in [-0.25, -0.2) is 4.98 Å². The lowest BCUT2D eigenvalue weighted by Gasteiger charge is -2.05. The second-order valence-corrected chi connectivity index (χ2v) is 4.05. The van der Waals surface area contributed by atoms with Crippen LogP contribution in [0.4, 0.5) is 5.69 Å². The zero-order valence-electron chi connectivity index (χ0n) is 10.6. The van der Waals surface area contributed by atoms with Gasteiger partial charge in [-0.15, -0.1) is 0 Å². The highest BCUT2D eigenvalue weighted by Gasteiger charge is 2.06. The third kappa shape index (κ3) is 3.17. The third-order valence-corrected chi connectivity index (χ3v) is 2.76. The van der Waals surface area contributed by atoms with Crippen LogP contribution in [0.15, 0.2) is 42.6 Å². The molecular formula is C15H13N3O. The minimum Gasteiger partial charge on any atom is -0.322 e. The average molecular weight is 251 g/mol. The normalized spacial score (nSPS) is 9.68. The molecule has 0 aliphatic rings. The number of carbonyl (C=O) groups excluding carboxylic acids is 1. The first kappa shape index (κ1) is 12.8.